The molecule has 0 aliphatic carbocycles. The highest BCUT2D eigenvalue weighted by molar-refractivity contribution is 6.31. The number of hydrogen-bond acceptors (Lipinski definition) is 9. The molecular weight excluding hydrogens is 524 g/mol. The topological polar surface area (TPSA) is 175 Å². The Morgan fingerprint density at radius 1 is 1.10 bits per heavy atom. The van der Waals surface area contributed by atoms with E-state index in [4.69, 9.17) is 37.0 Å². The predicted octanol–water partition coefficient (Wildman–Crippen LogP) is 4.25. The number of carbonyl (C=O) groups is 1. The molecule has 0 atom stereocenters. The van der Waals surface area contributed by atoms with Crippen LogP contribution < -0.4 is 26.3 Å². The van der Waals surface area contributed by atoms with Crippen molar-refractivity contribution in [2.75, 3.05) is 39.8 Å². The van der Waals surface area contributed by atoms with E-state index in [0.717, 1.165) is 10.9 Å². The molecule has 3 heterocycles. The van der Waals surface area contributed by atoms with Gasteiger partial charge in [0.25, 0.3) is 0 Å². The fourth-order valence-electron chi connectivity index (χ4n) is 4.38. The molecule has 5 aromatic rings. The van der Waals surface area contributed by atoms with Gasteiger partial charge in [0, 0.05) is 45.9 Å². The second-order valence-corrected chi connectivity index (χ2v) is 9.13. The maximum absolute atomic E-state index is 12.0. The number of carboxylic acids is 1. The molecule has 0 fully saturated rings. The van der Waals surface area contributed by atoms with Crippen LogP contribution in [-0.2, 0) is 12.8 Å². The number of rotatable bonds is 7. The monoisotopic (exact) mass is 552 g/mol. The minimum absolute atomic E-state index is 0.0734. The third kappa shape index (κ3) is 5.54. The first kappa shape index (κ1) is 27.6. The van der Waals surface area contributed by atoms with Gasteiger partial charge in [0.2, 0.25) is 11.7 Å². The van der Waals surface area contributed by atoms with Gasteiger partial charge >= 0.3 is 5.97 Å². The number of H-pyrrole nitrogens is 1. The van der Waals surface area contributed by atoms with Crippen LogP contribution in [0.5, 0.6) is 11.5 Å². The van der Waals surface area contributed by atoms with E-state index in [1.54, 1.807) is 24.4 Å². The van der Waals surface area contributed by atoms with Gasteiger partial charge in [0.05, 0.1) is 14.2 Å². The van der Waals surface area contributed by atoms with E-state index in [-0.39, 0.29) is 23.9 Å². The van der Waals surface area contributed by atoms with Crippen molar-refractivity contribution in [3.63, 3.8) is 0 Å². The molecule has 0 saturated heterocycles. The van der Waals surface area contributed by atoms with E-state index >= 15 is 0 Å². The smallest absolute Gasteiger partial charge is 0.352 e. The molecule has 7 N–H and O–H groups in total. The Kier molecular flexibility index (Phi) is 8.12. The van der Waals surface area contributed by atoms with Crippen LogP contribution in [0.15, 0.2) is 40.9 Å². The maximum atomic E-state index is 12.0. The number of nitrogen functional groups attached to an aromatic ring is 2. The molecule has 0 aliphatic heterocycles. The third-order valence-corrected chi connectivity index (χ3v) is 6.25. The number of fused-ring (bicyclic) bond motifs is 2. The first-order valence-electron chi connectivity index (χ1n) is 11.9. The zero-order valence-electron chi connectivity index (χ0n) is 21.9. The SMILES string of the molecule is CNC.COc1cc(Cc2cnc(N)nc2N)c2cc(Cc3c(C(=O)O)[nH]c4ccc(Cl)cc34)oc2c1OC. The summed E-state index contributed by atoms with van der Waals surface area (Å²) in [4.78, 5) is 23.0. The second kappa shape index (κ2) is 11.5. The standard InChI is InChI=1S/C25H22ClN5O5.C2H7N/c1-34-19-6-11(5-12-10-29-25(28)31-23(12)27)15-8-14(36-21(15)22(19)35-2)9-17-16-7-13(26)3-4-18(16)30-20(17)24(32)33;1-3-2/h3-4,6-8,10,30H,5,9H2,1-2H3,(H,32,33)(H4,27,28,29,31);3H,1-2H3. The number of hydrogen-bond donors (Lipinski definition) is 5. The van der Waals surface area contributed by atoms with E-state index in [9.17, 15) is 9.90 Å². The van der Waals surface area contributed by atoms with Crippen molar-refractivity contribution < 1.29 is 23.8 Å². The van der Waals surface area contributed by atoms with Crippen LogP contribution in [-0.4, -0.2) is 54.3 Å². The van der Waals surface area contributed by atoms with Crippen molar-refractivity contribution in [3.8, 4) is 11.5 Å². The number of methoxy groups -OCH3 is 2. The van der Waals surface area contributed by atoms with Gasteiger partial charge in [-0.15, -0.1) is 0 Å². The number of aromatic nitrogens is 3. The van der Waals surface area contributed by atoms with Gasteiger partial charge < -0.3 is 40.8 Å². The lowest BCUT2D eigenvalue weighted by atomic mass is 10.0. The number of benzene rings is 2. The average Bonchev–Trinajstić information content (AvgIpc) is 3.48. The van der Waals surface area contributed by atoms with Crippen molar-refractivity contribution in [1.29, 1.82) is 0 Å². The van der Waals surface area contributed by atoms with Crippen LogP contribution in [0.4, 0.5) is 11.8 Å². The molecule has 12 heteroatoms. The minimum Gasteiger partial charge on any atom is -0.493 e. The first-order chi connectivity index (χ1) is 18.7. The van der Waals surface area contributed by atoms with Crippen molar-refractivity contribution >= 4 is 51.2 Å². The number of nitrogens with zero attached hydrogens (tertiary/aromatic N) is 2. The molecule has 0 unspecified atom stereocenters. The number of aromatic amines is 1. The van der Waals surface area contributed by atoms with Crippen LogP contribution in [0.1, 0.15) is 32.9 Å². The number of ether oxygens (including phenoxy) is 2. The number of furan rings is 1. The highest BCUT2D eigenvalue weighted by Crippen LogP contribution is 2.41. The summed E-state index contributed by atoms with van der Waals surface area (Å²) in [5.41, 5.74) is 15.0. The Balaban J connectivity index is 0.00000112. The predicted molar refractivity (Wildman–Crippen MR) is 151 cm³/mol. The molecule has 204 valence electrons. The summed E-state index contributed by atoms with van der Waals surface area (Å²) >= 11 is 6.20. The Labute approximate surface area is 229 Å². The highest BCUT2D eigenvalue weighted by atomic mass is 35.5. The minimum atomic E-state index is -1.08. The highest BCUT2D eigenvalue weighted by Gasteiger charge is 2.23. The Hall–Kier alpha value is -4.48. The molecule has 0 aliphatic rings. The van der Waals surface area contributed by atoms with E-state index in [2.05, 4.69) is 20.3 Å². The average molecular weight is 553 g/mol. The summed E-state index contributed by atoms with van der Waals surface area (Å²) in [6, 6.07) is 8.88. The van der Waals surface area contributed by atoms with Gasteiger partial charge in [-0.1, -0.05) is 11.6 Å². The lowest BCUT2D eigenvalue weighted by Crippen LogP contribution is -2.04. The summed E-state index contributed by atoms with van der Waals surface area (Å²) in [5, 5.41) is 14.5. The molecule has 39 heavy (non-hydrogen) atoms. The zero-order chi connectivity index (χ0) is 28.3. The van der Waals surface area contributed by atoms with Gasteiger partial charge in [-0.05, 0) is 55.6 Å². The normalized spacial score (nSPS) is 10.9. The number of aromatic carboxylic acids is 1. The number of nitrogens with one attached hydrogen (secondary N) is 2. The lowest BCUT2D eigenvalue weighted by molar-refractivity contribution is 0.0690. The van der Waals surface area contributed by atoms with E-state index < -0.39 is 5.97 Å². The van der Waals surface area contributed by atoms with Gasteiger partial charge in [-0.2, -0.15) is 4.98 Å². The van der Waals surface area contributed by atoms with Gasteiger partial charge in [0.15, 0.2) is 11.3 Å². The summed E-state index contributed by atoms with van der Waals surface area (Å²) in [7, 11) is 6.81. The Morgan fingerprint density at radius 2 is 1.85 bits per heavy atom. The van der Waals surface area contributed by atoms with E-state index in [1.807, 2.05) is 26.2 Å². The molecular formula is C27H29ClN6O5. The van der Waals surface area contributed by atoms with Crippen LogP contribution in [0.3, 0.4) is 0 Å². The summed E-state index contributed by atoms with van der Waals surface area (Å²) in [6.07, 6.45) is 2.16. The molecule has 0 bridgehead atoms. The fourth-order valence-corrected chi connectivity index (χ4v) is 4.55. The van der Waals surface area contributed by atoms with Crippen LogP contribution in [0, 0.1) is 0 Å². The Morgan fingerprint density at radius 3 is 2.49 bits per heavy atom. The van der Waals surface area contributed by atoms with Crippen molar-refractivity contribution in [2.45, 2.75) is 12.8 Å². The quantitative estimate of drug-likeness (QED) is 0.196. The molecule has 0 spiro atoms. The molecule has 3 aromatic heterocycles. The second-order valence-electron chi connectivity index (χ2n) is 8.69. The van der Waals surface area contributed by atoms with Gasteiger partial charge in [-0.3, -0.25) is 0 Å². The molecule has 11 nitrogen and oxygen atoms in total. The fraction of sp³-hybridized carbons (Fsp3) is 0.222. The van der Waals surface area contributed by atoms with Crippen LogP contribution in [0.25, 0.3) is 21.9 Å². The molecule has 0 radical (unpaired) electrons. The van der Waals surface area contributed by atoms with E-state index in [0.29, 0.717) is 56.3 Å². The first-order valence-corrected chi connectivity index (χ1v) is 12.2. The number of carboxylic acid groups (broad SMARTS) is 1. The molecule has 5 rings (SSSR count). The largest absolute Gasteiger partial charge is 0.493 e. The van der Waals surface area contributed by atoms with Crippen molar-refractivity contribution in [3.05, 3.63) is 69.7 Å². The summed E-state index contributed by atoms with van der Waals surface area (Å²) in [6.45, 7) is 0. The van der Waals surface area contributed by atoms with Gasteiger partial charge in [-0.25, -0.2) is 9.78 Å². The number of anilines is 2. The Bertz CT molecular complexity index is 1660. The summed E-state index contributed by atoms with van der Waals surface area (Å²) in [5.74, 6) is 0.712. The lowest BCUT2D eigenvalue weighted by Gasteiger charge is -2.12. The number of nitrogens with two attached hydrogens (primary N) is 2. The molecule has 0 saturated carbocycles. The number of halogens is 1. The van der Waals surface area contributed by atoms with Crippen molar-refractivity contribution in [2.24, 2.45) is 0 Å². The maximum Gasteiger partial charge on any atom is 0.352 e. The zero-order valence-corrected chi connectivity index (χ0v) is 22.6. The third-order valence-electron chi connectivity index (χ3n) is 6.02. The molecule has 0 amide bonds. The summed E-state index contributed by atoms with van der Waals surface area (Å²) < 4.78 is 17.4. The molecule has 2 aromatic carbocycles. The van der Waals surface area contributed by atoms with E-state index in [1.165, 1.54) is 14.2 Å². The van der Waals surface area contributed by atoms with Crippen LogP contribution in [0.2, 0.25) is 5.02 Å². The van der Waals surface area contributed by atoms with Gasteiger partial charge in [0.1, 0.15) is 17.3 Å². The van der Waals surface area contributed by atoms with Crippen molar-refractivity contribution in [1.82, 2.24) is 20.3 Å². The van der Waals surface area contributed by atoms with Crippen LogP contribution >= 0.6 is 11.6 Å².